The van der Waals surface area contributed by atoms with Crippen molar-refractivity contribution in [2.75, 3.05) is 18.5 Å². The van der Waals surface area contributed by atoms with E-state index in [1.165, 1.54) is 0 Å². The van der Waals surface area contributed by atoms with Crippen molar-refractivity contribution in [2.45, 2.75) is 6.04 Å². The van der Waals surface area contributed by atoms with Crippen LogP contribution in [0.1, 0.15) is 5.69 Å². The quantitative estimate of drug-likeness (QED) is 0.564. The second-order valence-corrected chi connectivity index (χ2v) is 3.12. The van der Waals surface area contributed by atoms with Gasteiger partial charge in [-0.25, -0.2) is 9.97 Å². The van der Waals surface area contributed by atoms with Crippen molar-refractivity contribution < 1.29 is 0 Å². The lowest BCUT2D eigenvalue weighted by Gasteiger charge is -2.22. The summed E-state index contributed by atoms with van der Waals surface area (Å²) in [5.41, 5.74) is 2.99. The van der Waals surface area contributed by atoms with Crippen LogP contribution in [0, 0.1) is 0 Å². The topological polar surface area (TPSA) is 62.2 Å². The number of nitrogens with one attached hydrogen (secondary N) is 2. The molecule has 3 heterocycles. The maximum Gasteiger partial charge on any atom is 0.116 e. The van der Waals surface area contributed by atoms with Gasteiger partial charge < -0.3 is 5.32 Å². The Hall–Kier alpha value is -1.49. The highest BCUT2D eigenvalue weighted by atomic mass is 15.2. The predicted molar refractivity (Wildman–Crippen MR) is 48.8 cm³/mol. The molecule has 1 unspecified atom stereocenters. The van der Waals surface area contributed by atoms with Gasteiger partial charge in [0.15, 0.2) is 0 Å². The summed E-state index contributed by atoms with van der Waals surface area (Å²) in [7, 11) is 0. The third kappa shape index (κ3) is 0.936. The first-order chi connectivity index (χ1) is 6.45. The third-order valence-corrected chi connectivity index (χ3v) is 2.37. The van der Waals surface area contributed by atoms with Crippen LogP contribution in [0.15, 0.2) is 17.5 Å². The first kappa shape index (κ1) is 6.97. The Labute approximate surface area is 75.3 Å². The Bertz CT molecular complexity index is 373. The number of rotatable bonds is 0. The summed E-state index contributed by atoms with van der Waals surface area (Å²) in [6, 6.07) is 0.322. The minimum atomic E-state index is 0.322. The van der Waals surface area contributed by atoms with Gasteiger partial charge in [0.1, 0.15) is 12.0 Å². The summed E-state index contributed by atoms with van der Waals surface area (Å²) in [5.74, 6) is 0. The number of fused-ring (bicyclic) bond motifs is 3. The summed E-state index contributed by atoms with van der Waals surface area (Å²) in [4.78, 5) is 12.6. The van der Waals surface area contributed by atoms with Crippen LogP contribution < -0.4 is 10.6 Å². The zero-order valence-electron chi connectivity index (χ0n) is 6.99. The highest BCUT2D eigenvalue weighted by Crippen LogP contribution is 2.20. The van der Waals surface area contributed by atoms with E-state index in [1.54, 1.807) is 12.5 Å². The summed E-state index contributed by atoms with van der Waals surface area (Å²) in [5, 5.41) is 6.54. The Morgan fingerprint density at radius 3 is 3.46 bits per heavy atom. The van der Waals surface area contributed by atoms with E-state index in [2.05, 4.69) is 25.6 Å². The molecule has 2 N–H and O–H groups in total. The van der Waals surface area contributed by atoms with Gasteiger partial charge in [0.05, 0.1) is 30.3 Å². The van der Waals surface area contributed by atoms with Crippen LogP contribution in [0.2, 0.25) is 0 Å². The van der Waals surface area contributed by atoms with Crippen molar-refractivity contribution in [1.29, 1.82) is 0 Å². The number of hydrogen-bond acceptors (Lipinski definition) is 5. The molecule has 13 heavy (non-hydrogen) atoms. The van der Waals surface area contributed by atoms with Crippen molar-refractivity contribution >= 4 is 11.4 Å². The monoisotopic (exact) mass is 175 g/mol. The Balaban J connectivity index is 2.15. The van der Waals surface area contributed by atoms with Gasteiger partial charge in [0.2, 0.25) is 0 Å². The van der Waals surface area contributed by atoms with Crippen LogP contribution >= 0.6 is 0 Å². The molecule has 0 saturated heterocycles. The van der Waals surface area contributed by atoms with E-state index in [4.69, 9.17) is 0 Å². The molecule has 5 heteroatoms. The molecule has 5 nitrogen and oxygen atoms in total. The van der Waals surface area contributed by atoms with Gasteiger partial charge in [-0.2, -0.15) is 0 Å². The molecule has 0 bridgehead atoms. The van der Waals surface area contributed by atoms with Gasteiger partial charge >= 0.3 is 0 Å². The van der Waals surface area contributed by atoms with E-state index in [0.29, 0.717) is 12.7 Å². The van der Waals surface area contributed by atoms with E-state index in [-0.39, 0.29) is 0 Å². The molecule has 3 rings (SSSR count). The average Bonchev–Trinajstić information content (AvgIpc) is 2.65. The highest BCUT2D eigenvalue weighted by molar-refractivity contribution is 6.09. The van der Waals surface area contributed by atoms with Gasteiger partial charge in [0.25, 0.3) is 0 Å². The fourth-order valence-electron chi connectivity index (χ4n) is 1.73. The van der Waals surface area contributed by atoms with Gasteiger partial charge in [-0.15, -0.1) is 0 Å². The fraction of sp³-hybridized carbons (Fsp3) is 0.375. The van der Waals surface area contributed by atoms with Crippen LogP contribution in [-0.2, 0) is 0 Å². The summed E-state index contributed by atoms with van der Waals surface area (Å²) in [6.45, 7) is 1.57. The lowest BCUT2D eigenvalue weighted by Crippen LogP contribution is -2.41. The normalized spacial score (nSPS) is 24.3. The van der Waals surface area contributed by atoms with Gasteiger partial charge in [0, 0.05) is 6.54 Å². The van der Waals surface area contributed by atoms with Crippen molar-refractivity contribution in [1.82, 2.24) is 15.3 Å². The molecule has 1 atom stereocenters. The molecule has 66 valence electrons. The number of nitrogens with zero attached hydrogens (tertiary/aromatic N) is 3. The van der Waals surface area contributed by atoms with Crippen LogP contribution in [0.3, 0.4) is 0 Å². The second kappa shape index (κ2) is 2.50. The zero-order chi connectivity index (χ0) is 8.67. The molecular formula is C8H9N5. The lowest BCUT2D eigenvalue weighted by molar-refractivity contribution is 0.694. The highest BCUT2D eigenvalue weighted by Gasteiger charge is 2.28. The first-order valence-electron chi connectivity index (χ1n) is 4.27. The zero-order valence-corrected chi connectivity index (χ0v) is 6.99. The molecule has 0 radical (unpaired) electrons. The summed E-state index contributed by atoms with van der Waals surface area (Å²) < 4.78 is 0. The van der Waals surface area contributed by atoms with Crippen LogP contribution in [0.4, 0.5) is 5.69 Å². The number of aliphatic imine (C=N–C) groups is 1. The molecule has 0 spiro atoms. The minimum absolute atomic E-state index is 0.322. The Kier molecular flexibility index (Phi) is 1.34. The molecule has 1 aromatic rings. The minimum Gasteiger partial charge on any atom is -0.380 e. The number of aromatic nitrogens is 2. The fourth-order valence-corrected chi connectivity index (χ4v) is 1.73. The Morgan fingerprint density at radius 2 is 2.46 bits per heavy atom. The van der Waals surface area contributed by atoms with Crippen LogP contribution in [-0.4, -0.2) is 34.9 Å². The van der Waals surface area contributed by atoms with E-state index in [9.17, 15) is 0 Å². The molecule has 1 aromatic heterocycles. The van der Waals surface area contributed by atoms with E-state index in [0.717, 1.165) is 23.6 Å². The number of hydrogen-bond donors (Lipinski definition) is 2. The third-order valence-electron chi connectivity index (χ3n) is 2.37. The second-order valence-electron chi connectivity index (χ2n) is 3.12. The molecule has 0 aliphatic carbocycles. The lowest BCUT2D eigenvalue weighted by atomic mass is 10.0. The van der Waals surface area contributed by atoms with Gasteiger partial charge in [-0.05, 0) is 0 Å². The Morgan fingerprint density at radius 1 is 1.46 bits per heavy atom. The molecule has 0 aromatic carbocycles. The number of anilines is 1. The predicted octanol–water partition coefficient (Wildman–Crippen LogP) is -0.380. The first-order valence-corrected chi connectivity index (χ1v) is 4.27. The van der Waals surface area contributed by atoms with Crippen molar-refractivity contribution in [2.24, 2.45) is 4.99 Å². The van der Waals surface area contributed by atoms with E-state index >= 15 is 0 Å². The SMILES string of the molecule is c1ncc2c(n1)C1=NCNC1CN2. The van der Waals surface area contributed by atoms with Crippen molar-refractivity contribution in [3.05, 3.63) is 18.2 Å². The smallest absolute Gasteiger partial charge is 0.116 e. The molecule has 0 amide bonds. The van der Waals surface area contributed by atoms with Crippen molar-refractivity contribution in [3.63, 3.8) is 0 Å². The summed E-state index contributed by atoms with van der Waals surface area (Å²) >= 11 is 0. The standard InChI is InChI=1S/C8H9N5/c1-5-7(12-3-9-1)8-6(2-10-5)11-4-13-8/h1,3,6,10-11H,2,4H2. The maximum atomic E-state index is 4.37. The summed E-state index contributed by atoms with van der Waals surface area (Å²) in [6.07, 6.45) is 3.35. The molecule has 2 aliphatic heterocycles. The van der Waals surface area contributed by atoms with Gasteiger partial charge in [-0.1, -0.05) is 0 Å². The maximum absolute atomic E-state index is 4.37. The van der Waals surface area contributed by atoms with E-state index < -0.39 is 0 Å². The molecule has 2 aliphatic rings. The van der Waals surface area contributed by atoms with Gasteiger partial charge in [-0.3, -0.25) is 10.3 Å². The van der Waals surface area contributed by atoms with Crippen LogP contribution in [0.5, 0.6) is 0 Å². The van der Waals surface area contributed by atoms with E-state index in [1.807, 2.05) is 0 Å². The average molecular weight is 175 g/mol. The largest absolute Gasteiger partial charge is 0.380 e. The molecule has 0 fully saturated rings. The van der Waals surface area contributed by atoms with Crippen LogP contribution in [0.25, 0.3) is 0 Å². The molecular weight excluding hydrogens is 166 g/mol. The molecule has 0 saturated carbocycles. The van der Waals surface area contributed by atoms with Crippen molar-refractivity contribution in [3.8, 4) is 0 Å².